The fraction of sp³-hybridized carbons (Fsp3) is 0.150. The largest absolute Gasteiger partial charge is 0.465 e. The molecule has 0 aliphatic rings. The van der Waals surface area contributed by atoms with E-state index in [1.165, 1.54) is 18.2 Å². The first-order chi connectivity index (χ1) is 12.7. The third kappa shape index (κ3) is 3.47. The molecule has 1 heterocycles. The van der Waals surface area contributed by atoms with Crippen LogP contribution in [-0.4, -0.2) is 16.4 Å². The van der Waals surface area contributed by atoms with E-state index in [9.17, 15) is 14.3 Å². The molecule has 1 radical (unpaired) electrons. The smallest absolute Gasteiger partial charge is 0.405 e. The van der Waals surface area contributed by atoms with Gasteiger partial charge in [-0.05, 0) is 50.6 Å². The average Bonchev–Trinajstić information content (AvgIpc) is 2.99. The summed E-state index contributed by atoms with van der Waals surface area (Å²) in [5.74, 6) is -0.255. The summed E-state index contributed by atoms with van der Waals surface area (Å²) in [5, 5.41) is 15.7. The molecule has 5 nitrogen and oxygen atoms in total. The molecule has 0 aliphatic carbocycles. The zero-order valence-electron chi connectivity index (χ0n) is 14.7. The molecule has 0 bridgehead atoms. The second-order valence-electron chi connectivity index (χ2n) is 6.25. The van der Waals surface area contributed by atoms with Crippen molar-refractivity contribution in [1.29, 1.82) is 0 Å². The number of carboxylic acid groups (broad SMARTS) is 1. The van der Waals surface area contributed by atoms with E-state index in [0.29, 0.717) is 22.6 Å². The van der Waals surface area contributed by atoms with E-state index < -0.39 is 17.4 Å². The highest BCUT2D eigenvalue weighted by molar-refractivity contribution is 9.10. The fourth-order valence-electron chi connectivity index (χ4n) is 3.11. The van der Waals surface area contributed by atoms with Crippen LogP contribution in [0.25, 0.3) is 11.3 Å². The van der Waals surface area contributed by atoms with Gasteiger partial charge in [0.1, 0.15) is 11.4 Å². The first-order valence-corrected chi connectivity index (χ1v) is 8.88. The Hall–Kier alpha value is -2.67. The number of halogens is 2. The minimum atomic E-state index is -1.64. The molecule has 0 aliphatic heterocycles. The van der Waals surface area contributed by atoms with Crippen molar-refractivity contribution in [1.82, 2.24) is 10.5 Å². The summed E-state index contributed by atoms with van der Waals surface area (Å²) >= 11 is 3.45. The Morgan fingerprint density at radius 1 is 1.30 bits per heavy atom. The van der Waals surface area contributed by atoms with Crippen molar-refractivity contribution < 1.29 is 18.8 Å². The molecule has 0 saturated carbocycles. The van der Waals surface area contributed by atoms with E-state index in [0.717, 1.165) is 10.0 Å². The predicted octanol–water partition coefficient (Wildman–Crippen LogP) is 5.21. The molecule has 1 atom stereocenters. The van der Waals surface area contributed by atoms with Gasteiger partial charge in [0, 0.05) is 15.6 Å². The van der Waals surface area contributed by atoms with Gasteiger partial charge in [0.15, 0.2) is 5.76 Å². The van der Waals surface area contributed by atoms with Gasteiger partial charge in [0.2, 0.25) is 0 Å². The van der Waals surface area contributed by atoms with Crippen LogP contribution in [0.2, 0.25) is 0 Å². The van der Waals surface area contributed by atoms with E-state index in [2.05, 4.69) is 33.3 Å². The lowest BCUT2D eigenvalue weighted by molar-refractivity contribution is 0.186. The number of aryl methyl sites for hydroxylation is 2. The van der Waals surface area contributed by atoms with Crippen molar-refractivity contribution in [3.05, 3.63) is 82.1 Å². The van der Waals surface area contributed by atoms with Gasteiger partial charge < -0.3 is 14.9 Å². The molecule has 27 heavy (non-hydrogen) atoms. The summed E-state index contributed by atoms with van der Waals surface area (Å²) in [6.07, 6.45) is -1.34. The van der Waals surface area contributed by atoms with Crippen LogP contribution in [0.3, 0.4) is 0 Å². The molecule has 3 rings (SSSR count). The maximum atomic E-state index is 14.6. The standard InChI is InChI=1S/C20H17BrFN2O3/c1-11-10-13(8-9-15(11)21)18-17(12(2)24-27-18)20(3,23-19(25)26)14-6-4-5-7-16(14)22/h4-10,23H,3H2,1-2H3,(H,25,26). The summed E-state index contributed by atoms with van der Waals surface area (Å²) in [6.45, 7) is 7.61. The normalized spacial score (nSPS) is 13.2. The first kappa shape index (κ1) is 19.1. The molecular formula is C20H17BrFN2O3. The number of aromatic nitrogens is 1. The quantitative estimate of drug-likeness (QED) is 0.594. The van der Waals surface area contributed by atoms with Crippen molar-refractivity contribution in [3.8, 4) is 11.3 Å². The maximum Gasteiger partial charge on any atom is 0.405 e. The highest BCUT2D eigenvalue weighted by Crippen LogP contribution is 2.40. The lowest BCUT2D eigenvalue weighted by Gasteiger charge is -2.30. The zero-order valence-corrected chi connectivity index (χ0v) is 16.3. The lowest BCUT2D eigenvalue weighted by Crippen LogP contribution is -2.45. The topological polar surface area (TPSA) is 75.4 Å². The van der Waals surface area contributed by atoms with Crippen LogP contribution >= 0.6 is 15.9 Å². The van der Waals surface area contributed by atoms with Gasteiger partial charge in [-0.15, -0.1) is 0 Å². The number of hydrogen-bond acceptors (Lipinski definition) is 3. The number of benzene rings is 2. The number of rotatable bonds is 4. The Morgan fingerprint density at radius 2 is 2.00 bits per heavy atom. The van der Waals surface area contributed by atoms with Crippen molar-refractivity contribution in [2.75, 3.05) is 0 Å². The molecule has 1 aromatic heterocycles. The molecule has 3 aromatic rings. The van der Waals surface area contributed by atoms with Crippen LogP contribution in [0.5, 0.6) is 0 Å². The summed E-state index contributed by atoms with van der Waals surface area (Å²) in [4.78, 5) is 11.5. The van der Waals surface area contributed by atoms with Gasteiger partial charge in [-0.2, -0.15) is 0 Å². The van der Waals surface area contributed by atoms with Crippen LogP contribution in [0.4, 0.5) is 9.18 Å². The molecule has 0 fully saturated rings. The average molecular weight is 432 g/mol. The molecule has 0 saturated heterocycles. The van der Waals surface area contributed by atoms with Gasteiger partial charge in [-0.3, -0.25) is 0 Å². The Bertz CT molecular complexity index is 1020. The summed E-state index contributed by atoms with van der Waals surface area (Å²) in [6, 6.07) is 11.4. The molecular weight excluding hydrogens is 415 g/mol. The van der Waals surface area contributed by atoms with Gasteiger partial charge in [-0.1, -0.05) is 39.3 Å². The highest BCUT2D eigenvalue weighted by Gasteiger charge is 2.39. The van der Waals surface area contributed by atoms with Crippen LogP contribution in [0.1, 0.15) is 22.4 Å². The molecule has 7 heteroatoms. The Labute approximate surface area is 164 Å². The van der Waals surface area contributed by atoms with Crippen molar-refractivity contribution >= 4 is 22.0 Å². The number of hydrogen-bond donors (Lipinski definition) is 2. The van der Waals surface area contributed by atoms with E-state index >= 15 is 0 Å². The third-order valence-electron chi connectivity index (χ3n) is 4.36. The molecule has 2 aromatic carbocycles. The number of nitrogens with one attached hydrogen (secondary N) is 1. The van der Waals surface area contributed by atoms with Gasteiger partial charge in [0.05, 0.1) is 11.3 Å². The van der Waals surface area contributed by atoms with Crippen LogP contribution in [-0.2, 0) is 5.54 Å². The maximum absolute atomic E-state index is 14.6. The third-order valence-corrected chi connectivity index (χ3v) is 5.25. The second-order valence-corrected chi connectivity index (χ2v) is 7.11. The Balaban J connectivity index is 2.28. The van der Waals surface area contributed by atoms with Gasteiger partial charge >= 0.3 is 6.09 Å². The fourth-order valence-corrected chi connectivity index (χ4v) is 3.36. The molecule has 0 spiro atoms. The molecule has 139 valence electrons. The highest BCUT2D eigenvalue weighted by atomic mass is 79.9. The first-order valence-electron chi connectivity index (χ1n) is 8.08. The Kier molecular flexibility index (Phi) is 5.06. The summed E-state index contributed by atoms with van der Waals surface area (Å²) < 4.78 is 21.0. The lowest BCUT2D eigenvalue weighted by atomic mass is 9.82. The van der Waals surface area contributed by atoms with Crippen LogP contribution in [0.15, 0.2) is 51.5 Å². The van der Waals surface area contributed by atoms with E-state index in [-0.39, 0.29) is 5.56 Å². The number of amides is 1. The van der Waals surface area contributed by atoms with Gasteiger partial charge in [-0.25, -0.2) is 9.18 Å². The second kappa shape index (κ2) is 7.15. The molecule has 1 amide bonds. The minimum absolute atomic E-state index is 0.0776. The number of nitrogens with zero attached hydrogens (tertiary/aromatic N) is 1. The monoisotopic (exact) mass is 431 g/mol. The SMILES string of the molecule is [CH2]C(NC(=O)O)(c1ccccc1F)c1c(C)noc1-c1ccc(Br)c(C)c1. The van der Waals surface area contributed by atoms with Crippen molar-refractivity contribution in [2.24, 2.45) is 0 Å². The minimum Gasteiger partial charge on any atom is -0.465 e. The predicted molar refractivity (Wildman–Crippen MR) is 103 cm³/mol. The van der Waals surface area contributed by atoms with Crippen LogP contribution < -0.4 is 5.32 Å². The van der Waals surface area contributed by atoms with Crippen LogP contribution in [0, 0.1) is 26.6 Å². The Morgan fingerprint density at radius 3 is 2.63 bits per heavy atom. The van der Waals surface area contributed by atoms with E-state index in [1.54, 1.807) is 13.0 Å². The van der Waals surface area contributed by atoms with E-state index in [1.807, 2.05) is 25.1 Å². The summed E-state index contributed by atoms with van der Waals surface area (Å²) in [7, 11) is 0. The van der Waals surface area contributed by atoms with Gasteiger partial charge in [0.25, 0.3) is 0 Å². The molecule has 1 unspecified atom stereocenters. The zero-order chi connectivity index (χ0) is 19.8. The molecule has 2 N–H and O–H groups in total. The summed E-state index contributed by atoms with van der Waals surface area (Å²) in [5.41, 5.74) is 0.850. The van der Waals surface area contributed by atoms with E-state index in [4.69, 9.17) is 4.52 Å². The van der Waals surface area contributed by atoms with Crippen molar-refractivity contribution in [3.63, 3.8) is 0 Å². The van der Waals surface area contributed by atoms with Crippen molar-refractivity contribution in [2.45, 2.75) is 19.4 Å². The number of carbonyl (C=O) groups is 1.